The Morgan fingerprint density at radius 2 is 1.89 bits per heavy atom. The van der Waals surface area contributed by atoms with Crippen molar-refractivity contribution in [1.29, 1.82) is 0 Å². The van der Waals surface area contributed by atoms with Crippen LogP contribution in [0.4, 0.5) is 10.1 Å². The fourth-order valence-corrected chi connectivity index (χ4v) is 3.43. The number of carbonyl (C=O) groups excluding carboxylic acids is 1. The molecule has 3 rings (SSSR count). The number of halogens is 1. The zero-order valence-electron chi connectivity index (χ0n) is 15.2. The van der Waals surface area contributed by atoms with Gasteiger partial charge in [-0.3, -0.25) is 4.79 Å². The molecule has 6 nitrogen and oxygen atoms in total. The summed E-state index contributed by atoms with van der Waals surface area (Å²) < 4.78 is 23.7. The zero-order valence-corrected chi connectivity index (χ0v) is 16.0. The lowest BCUT2D eigenvalue weighted by Gasteiger charge is -2.02. The van der Waals surface area contributed by atoms with Gasteiger partial charge in [-0.1, -0.05) is 0 Å². The summed E-state index contributed by atoms with van der Waals surface area (Å²) in [6.45, 7) is 0. The lowest BCUT2D eigenvalue weighted by atomic mass is 10.2. The Morgan fingerprint density at radius 1 is 1.14 bits per heavy atom. The Bertz CT molecular complexity index is 1020. The highest BCUT2D eigenvalue weighted by Gasteiger charge is 2.15. The highest BCUT2D eigenvalue weighted by atomic mass is 32.1. The number of carbonyl (C=O) groups is 1. The highest BCUT2D eigenvalue weighted by Crippen LogP contribution is 2.34. The molecular formula is C20H18FN3O3S. The molecule has 144 valence electrons. The van der Waals surface area contributed by atoms with Gasteiger partial charge in [0.15, 0.2) is 11.6 Å². The lowest BCUT2D eigenvalue weighted by molar-refractivity contribution is 0.0960. The van der Waals surface area contributed by atoms with Crippen LogP contribution in [0.1, 0.15) is 15.2 Å². The van der Waals surface area contributed by atoms with Crippen LogP contribution < -0.4 is 20.6 Å². The number of ether oxygens (including phenoxy) is 2. The smallest absolute Gasteiger partial charge is 0.283 e. The van der Waals surface area contributed by atoms with E-state index >= 15 is 0 Å². The van der Waals surface area contributed by atoms with Gasteiger partial charge in [0.05, 0.1) is 26.1 Å². The summed E-state index contributed by atoms with van der Waals surface area (Å²) in [6, 6.07) is 13.6. The normalized spacial score (nSPS) is 10.8. The summed E-state index contributed by atoms with van der Waals surface area (Å²) in [5, 5.41) is 3.86. The number of rotatable bonds is 6. The molecule has 3 N–H and O–H groups in total. The van der Waals surface area contributed by atoms with Crippen LogP contribution in [-0.2, 0) is 0 Å². The first-order valence-corrected chi connectivity index (χ1v) is 9.04. The van der Waals surface area contributed by atoms with Gasteiger partial charge in [0.1, 0.15) is 10.6 Å². The maximum absolute atomic E-state index is 13.7. The number of anilines is 1. The van der Waals surface area contributed by atoms with Gasteiger partial charge in [-0.25, -0.2) is 9.82 Å². The van der Waals surface area contributed by atoms with E-state index in [4.69, 9.17) is 15.2 Å². The average molecular weight is 399 g/mol. The van der Waals surface area contributed by atoms with Crippen molar-refractivity contribution in [2.24, 2.45) is 5.10 Å². The fraction of sp³-hybridized carbons (Fsp3) is 0.100. The van der Waals surface area contributed by atoms with Crippen LogP contribution in [0.15, 0.2) is 53.6 Å². The molecule has 0 spiro atoms. The molecule has 0 saturated heterocycles. The van der Waals surface area contributed by atoms with Crippen molar-refractivity contribution in [2.45, 2.75) is 0 Å². The summed E-state index contributed by atoms with van der Waals surface area (Å²) in [5.41, 5.74) is 10.2. The number of benzene rings is 2. The highest BCUT2D eigenvalue weighted by molar-refractivity contribution is 7.18. The Hall–Kier alpha value is -3.39. The Labute approximate surface area is 165 Å². The third-order valence-corrected chi connectivity index (χ3v) is 5.10. The van der Waals surface area contributed by atoms with Gasteiger partial charge >= 0.3 is 0 Å². The van der Waals surface area contributed by atoms with Crippen molar-refractivity contribution >= 4 is 29.1 Å². The topological polar surface area (TPSA) is 85.9 Å². The van der Waals surface area contributed by atoms with E-state index in [9.17, 15) is 9.18 Å². The van der Waals surface area contributed by atoms with E-state index in [1.54, 1.807) is 19.2 Å². The van der Waals surface area contributed by atoms with Gasteiger partial charge < -0.3 is 15.2 Å². The third kappa shape index (κ3) is 4.29. The minimum atomic E-state index is -0.510. The maximum atomic E-state index is 13.7. The van der Waals surface area contributed by atoms with Crippen LogP contribution in [0.5, 0.6) is 11.5 Å². The van der Waals surface area contributed by atoms with E-state index in [0.29, 0.717) is 16.1 Å². The SMILES string of the molecule is COc1ccc(-c2cc(N)c(C(=O)N/N=C\c3ccc(OC)c(F)c3)s2)cc1. The average Bonchev–Trinajstić information content (AvgIpc) is 3.10. The predicted octanol–water partition coefficient (Wildman–Crippen LogP) is 3.92. The first-order valence-electron chi connectivity index (χ1n) is 8.22. The largest absolute Gasteiger partial charge is 0.497 e. The molecule has 0 atom stereocenters. The first kappa shape index (κ1) is 19.4. The molecule has 1 amide bonds. The number of methoxy groups -OCH3 is 2. The van der Waals surface area contributed by atoms with Gasteiger partial charge in [0.2, 0.25) is 0 Å². The molecule has 3 aromatic rings. The molecule has 8 heteroatoms. The minimum absolute atomic E-state index is 0.138. The summed E-state index contributed by atoms with van der Waals surface area (Å²) in [5.74, 6) is -0.0638. The number of amides is 1. The number of nitrogens with zero attached hydrogens (tertiary/aromatic N) is 1. The number of hydrogen-bond acceptors (Lipinski definition) is 6. The molecule has 28 heavy (non-hydrogen) atoms. The van der Waals surface area contributed by atoms with Crippen LogP contribution in [0, 0.1) is 5.82 Å². The number of nitrogen functional groups attached to an aromatic ring is 1. The van der Waals surface area contributed by atoms with E-state index < -0.39 is 11.7 Å². The van der Waals surface area contributed by atoms with E-state index in [1.165, 1.54) is 36.8 Å². The molecule has 0 saturated carbocycles. The Kier molecular flexibility index (Phi) is 5.90. The Balaban J connectivity index is 1.70. The molecule has 0 aliphatic heterocycles. The van der Waals surface area contributed by atoms with Crippen LogP contribution in [0.25, 0.3) is 10.4 Å². The van der Waals surface area contributed by atoms with Crippen LogP contribution in [-0.4, -0.2) is 26.3 Å². The minimum Gasteiger partial charge on any atom is -0.497 e. The second kappa shape index (κ2) is 8.53. The molecule has 0 aliphatic rings. The van der Waals surface area contributed by atoms with E-state index in [-0.39, 0.29) is 5.75 Å². The van der Waals surface area contributed by atoms with Crippen LogP contribution in [0.2, 0.25) is 0 Å². The summed E-state index contributed by atoms with van der Waals surface area (Å²) in [7, 11) is 2.99. The molecule has 0 aliphatic carbocycles. The lowest BCUT2D eigenvalue weighted by Crippen LogP contribution is -2.17. The van der Waals surface area contributed by atoms with Crippen molar-refractivity contribution in [3.63, 3.8) is 0 Å². The maximum Gasteiger partial charge on any atom is 0.283 e. The molecule has 0 unspecified atom stereocenters. The molecule has 0 bridgehead atoms. The van der Waals surface area contributed by atoms with Crippen molar-refractivity contribution < 1.29 is 18.7 Å². The first-order chi connectivity index (χ1) is 13.5. The van der Waals surface area contributed by atoms with Gasteiger partial charge in [-0.05, 0) is 59.7 Å². The summed E-state index contributed by atoms with van der Waals surface area (Å²) in [6.07, 6.45) is 1.34. The number of hydrazone groups is 1. The second-order valence-corrected chi connectivity index (χ2v) is 6.77. The fourth-order valence-electron chi connectivity index (χ4n) is 2.46. The van der Waals surface area contributed by atoms with Crippen molar-refractivity contribution in [2.75, 3.05) is 20.0 Å². The number of nitrogens with two attached hydrogens (primary N) is 1. The van der Waals surface area contributed by atoms with Gasteiger partial charge in [0, 0.05) is 4.88 Å². The third-order valence-electron chi connectivity index (χ3n) is 3.90. The van der Waals surface area contributed by atoms with Crippen molar-refractivity contribution in [3.05, 3.63) is 64.8 Å². The number of hydrogen-bond donors (Lipinski definition) is 2. The quantitative estimate of drug-likeness (QED) is 0.486. The van der Waals surface area contributed by atoms with Crippen LogP contribution >= 0.6 is 11.3 Å². The zero-order chi connectivity index (χ0) is 20.1. The van der Waals surface area contributed by atoms with E-state index in [2.05, 4.69) is 10.5 Å². The van der Waals surface area contributed by atoms with Crippen LogP contribution in [0.3, 0.4) is 0 Å². The monoisotopic (exact) mass is 399 g/mol. The summed E-state index contributed by atoms with van der Waals surface area (Å²) in [4.78, 5) is 13.6. The Morgan fingerprint density at radius 3 is 2.54 bits per heavy atom. The molecule has 1 aromatic heterocycles. The molecule has 0 fully saturated rings. The van der Waals surface area contributed by atoms with Gasteiger partial charge in [0.25, 0.3) is 5.91 Å². The second-order valence-electron chi connectivity index (χ2n) is 5.72. The van der Waals surface area contributed by atoms with Crippen molar-refractivity contribution in [3.8, 4) is 21.9 Å². The molecule has 0 radical (unpaired) electrons. The van der Waals surface area contributed by atoms with Gasteiger partial charge in [-0.15, -0.1) is 11.3 Å². The summed E-state index contributed by atoms with van der Waals surface area (Å²) >= 11 is 1.26. The number of nitrogens with one attached hydrogen (secondary N) is 1. The van der Waals surface area contributed by atoms with Gasteiger partial charge in [-0.2, -0.15) is 5.10 Å². The van der Waals surface area contributed by atoms with E-state index in [1.807, 2.05) is 24.3 Å². The van der Waals surface area contributed by atoms with Crippen molar-refractivity contribution in [1.82, 2.24) is 5.43 Å². The standard InChI is InChI=1S/C20H18FN3O3S/c1-26-14-6-4-13(5-7-14)18-10-16(22)19(28-18)20(25)24-23-11-12-3-8-17(27-2)15(21)9-12/h3-11H,22H2,1-2H3,(H,24,25)/b23-11-. The molecule has 1 heterocycles. The molecule has 2 aromatic carbocycles. The molecular weight excluding hydrogens is 381 g/mol. The predicted molar refractivity (Wildman–Crippen MR) is 109 cm³/mol. The van der Waals surface area contributed by atoms with E-state index in [0.717, 1.165) is 16.2 Å². The number of thiophene rings is 1.